The molecule has 1 unspecified atom stereocenters. The van der Waals surface area contributed by atoms with Crippen LogP contribution in [0.3, 0.4) is 0 Å². The first-order chi connectivity index (χ1) is 21.0. The molecule has 0 spiro atoms. The summed E-state index contributed by atoms with van der Waals surface area (Å²) >= 11 is 0. The van der Waals surface area contributed by atoms with Gasteiger partial charge in [0.05, 0.1) is 6.61 Å². The Morgan fingerprint density at radius 2 is 0.795 bits per heavy atom. The molecule has 6 heteroatoms. The molecule has 0 saturated heterocycles. The number of unbranched alkanes of at least 4 members (excludes halogenated alkanes) is 29. The van der Waals surface area contributed by atoms with E-state index >= 15 is 0 Å². The summed E-state index contributed by atoms with van der Waals surface area (Å²) in [5.74, 6) is 0.0161. The van der Waals surface area contributed by atoms with Gasteiger partial charge in [-0.3, -0.25) is 4.18 Å². The zero-order valence-corrected chi connectivity index (χ0v) is 34.0. The van der Waals surface area contributed by atoms with Crippen molar-refractivity contribution in [1.29, 1.82) is 0 Å². The van der Waals surface area contributed by atoms with Crippen LogP contribution in [0.1, 0.15) is 219 Å². The molecular weight excluding hydrogens is 592 g/mol. The Hall–Kier alpha value is 1.25. The average molecular weight is 667 g/mol. The average Bonchev–Trinajstić information content (AvgIpc) is 2.98. The van der Waals surface area contributed by atoms with Crippen molar-refractivity contribution in [3.63, 3.8) is 0 Å². The zero-order chi connectivity index (χ0) is 31.5. The van der Waals surface area contributed by atoms with Crippen LogP contribution in [0.5, 0.6) is 0 Å². The van der Waals surface area contributed by atoms with Gasteiger partial charge in [-0.05, 0) is 19.3 Å². The Labute approximate surface area is 319 Å². The number of hydrogen-bond donors (Lipinski definition) is 0. The molecule has 0 aliphatic carbocycles. The summed E-state index contributed by atoms with van der Waals surface area (Å²) in [6.45, 7) is 4.54. The SMILES string of the molecule is CCCCCCCCCCCCCCCCCCCC/C=C/C(CCCCCCCCCCCCCC)COS(=O)(=O)[O-].[K+]. The third-order valence-corrected chi connectivity index (χ3v) is 9.41. The van der Waals surface area contributed by atoms with E-state index in [2.05, 4.69) is 30.2 Å². The first kappa shape index (κ1) is 47.4. The summed E-state index contributed by atoms with van der Waals surface area (Å²) in [5.41, 5.74) is 0. The molecule has 0 heterocycles. The molecule has 0 saturated carbocycles. The molecule has 0 aliphatic rings. The van der Waals surface area contributed by atoms with E-state index in [9.17, 15) is 13.0 Å². The standard InChI is InChI=1S/C38H76O4S.K/c1-3-5-7-9-11-13-15-17-18-19-20-21-22-23-24-26-28-30-32-34-36-38(37-42-43(39,40)41)35-33-31-29-27-25-16-14-12-10-8-6-4-2;/h34,36,38H,3-33,35,37H2,1-2H3,(H,39,40,41);/q;+1/p-1/b36-34+;. The maximum Gasteiger partial charge on any atom is 1.00 e. The number of rotatable bonds is 36. The van der Waals surface area contributed by atoms with Gasteiger partial charge in [-0.1, -0.05) is 212 Å². The van der Waals surface area contributed by atoms with Crippen LogP contribution in [-0.2, 0) is 14.6 Å². The van der Waals surface area contributed by atoms with Gasteiger partial charge < -0.3 is 4.55 Å². The topological polar surface area (TPSA) is 66.4 Å². The van der Waals surface area contributed by atoms with Crippen molar-refractivity contribution in [3.05, 3.63) is 12.2 Å². The monoisotopic (exact) mass is 667 g/mol. The fourth-order valence-electron chi connectivity index (χ4n) is 6.11. The van der Waals surface area contributed by atoms with Gasteiger partial charge in [0.15, 0.2) is 0 Å². The van der Waals surface area contributed by atoms with Crippen LogP contribution in [0, 0.1) is 5.92 Å². The summed E-state index contributed by atoms with van der Waals surface area (Å²) in [6, 6.07) is 0. The predicted molar refractivity (Wildman–Crippen MR) is 187 cm³/mol. The van der Waals surface area contributed by atoms with E-state index in [4.69, 9.17) is 0 Å². The minimum atomic E-state index is -4.62. The smallest absolute Gasteiger partial charge is 0.726 e. The van der Waals surface area contributed by atoms with Crippen LogP contribution in [0.15, 0.2) is 12.2 Å². The molecule has 0 amide bonds. The van der Waals surface area contributed by atoms with Gasteiger partial charge in [-0.15, -0.1) is 0 Å². The molecule has 0 aromatic rings. The van der Waals surface area contributed by atoms with Gasteiger partial charge in [0.2, 0.25) is 10.4 Å². The quantitative estimate of drug-likeness (QED) is 0.0219. The molecular formula is C38H75KO4S. The fourth-order valence-corrected chi connectivity index (χ4v) is 6.45. The van der Waals surface area contributed by atoms with Crippen LogP contribution >= 0.6 is 0 Å². The van der Waals surface area contributed by atoms with Gasteiger partial charge in [0.25, 0.3) is 0 Å². The molecule has 0 aromatic carbocycles. The van der Waals surface area contributed by atoms with Gasteiger partial charge in [0, 0.05) is 5.92 Å². The first-order valence-electron chi connectivity index (χ1n) is 19.3. The summed E-state index contributed by atoms with van der Waals surface area (Å²) in [5, 5.41) is 0. The van der Waals surface area contributed by atoms with E-state index in [1.807, 2.05) is 0 Å². The van der Waals surface area contributed by atoms with Crippen molar-refractivity contribution in [2.24, 2.45) is 5.92 Å². The van der Waals surface area contributed by atoms with Crippen LogP contribution in [0.2, 0.25) is 0 Å². The third kappa shape index (κ3) is 41.3. The van der Waals surface area contributed by atoms with Crippen molar-refractivity contribution < 1.29 is 68.5 Å². The van der Waals surface area contributed by atoms with Crippen molar-refractivity contribution in [2.75, 3.05) is 6.61 Å². The molecule has 0 bridgehead atoms. The molecule has 0 N–H and O–H groups in total. The maximum absolute atomic E-state index is 11.0. The van der Waals surface area contributed by atoms with Crippen molar-refractivity contribution in [1.82, 2.24) is 0 Å². The van der Waals surface area contributed by atoms with E-state index in [1.165, 1.54) is 186 Å². The molecule has 0 fully saturated rings. The second-order valence-electron chi connectivity index (χ2n) is 13.4. The summed E-state index contributed by atoms with van der Waals surface area (Å²) in [4.78, 5) is 0. The van der Waals surface area contributed by atoms with Crippen molar-refractivity contribution in [2.45, 2.75) is 219 Å². The van der Waals surface area contributed by atoms with Gasteiger partial charge in [0.1, 0.15) is 0 Å². The summed E-state index contributed by atoms with van der Waals surface area (Å²) < 4.78 is 37.5. The molecule has 0 aromatic heterocycles. The molecule has 0 rings (SSSR count). The van der Waals surface area contributed by atoms with Gasteiger partial charge in [-0.2, -0.15) is 0 Å². The Kier molecular flexibility index (Phi) is 41.6. The first-order valence-corrected chi connectivity index (χ1v) is 20.6. The predicted octanol–water partition coefficient (Wildman–Crippen LogP) is 10.2. The zero-order valence-electron chi connectivity index (χ0n) is 30.1. The Morgan fingerprint density at radius 1 is 0.500 bits per heavy atom. The largest absolute Gasteiger partial charge is 1.00 e. The molecule has 258 valence electrons. The van der Waals surface area contributed by atoms with Crippen molar-refractivity contribution in [3.8, 4) is 0 Å². The summed E-state index contributed by atoms with van der Waals surface area (Å²) in [6.07, 6.45) is 46.8. The van der Waals surface area contributed by atoms with E-state index in [-0.39, 0.29) is 63.9 Å². The normalized spacial score (nSPS) is 12.6. The van der Waals surface area contributed by atoms with Crippen LogP contribution in [0.25, 0.3) is 0 Å². The molecule has 1 atom stereocenters. The maximum atomic E-state index is 11.0. The second-order valence-corrected chi connectivity index (χ2v) is 14.4. The Bertz CT molecular complexity index is 668. The Morgan fingerprint density at radius 3 is 1.11 bits per heavy atom. The van der Waals surface area contributed by atoms with Crippen LogP contribution in [0.4, 0.5) is 0 Å². The van der Waals surface area contributed by atoms with E-state index in [0.29, 0.717) is 0 Å². The molecule has 0 radical (unpaired) electrons. The minimum absolute atomic E-state index is 0. The summed E-state index contributed by atoms with van der Waals surface area (Å²) in [7, 11) is -4.62. The minimum Gasteiger partial charge on any atom is -0.726 e. The van der Waals surface area contributed by atoms with E-state index in [1.54, 1.807) is 0 Å². The van der Waals surface area contributed by atoms with E-state index < -0.39 is 10.4 Å². The van der Waals surface area contributed by atoms with Crippen molar-refractivity contribution >= 4 is 10.4 Å². The fraction of sp³-hybridized carbons (Fsp3) is 0.947. The number of hydrogen-bond acceptors (Lipinski definition) is 4. The number of allylic oxidation sites excluding steroid dienone is 1. The van der Waals surface area contributed by atoms with Gasteiger partial charge in [-0.25, -0.2) is 8.42 Å². The van der Waals surface area contributed by atoms with Gasteiger partial charge >= 0.3 is 51.4 Å². The molecule has 4 nitrogen and oxygen atoms in total. The Balaban J connectivity index is 0. The van der Waals surface area contributed by atoms with Crippen LogP contribution in [-0.4, -0.2) is 19.6 Å². The van der Waals surface area contributed by atoms with Crippen LogP contribution < -0.4 is 51.4 Å². The third-order valence-electron chi connectivity index (χ3n) is 8.99. The van der Waals surface area contributed by atoms with E-state index in [0.717, 1.165) is 19.3 Å². The molecule has 44 heavy (non-hydrogen) atoms. The second kappa shape index (κ2) is 38.7. The molecule has 0 aliphatic heterocycles.